The van der Waals surface area contributed by atoms with E-state index in [0.717, 1.165) is 64.2 Å². The van der Waals surface area contributed by atoms with Crippen LogP contribution in [-0.4, -0.2) is 73.5 Å². The van der Waals surface area contributed by atoms with Crippen LogP contribution in [0, 0.1) is 13.8 Å². The predicted octanol–water partition coefficient (Wildman–Crippen LogP) is 13.7. The van der Waals surface area contributed by atoms with Gasteiger partial charge in [-0.1, -0.05) is 171 Å². The molecule has 4 heterocycles. The number of hydrogen-bond donors (Lipinski definition) is 0. The Morgan fingerprint density at radius 2 is 0.972 bits per heavy atom. The summed E-state index contributed by atoms with van der Waals surface area (Å²) in [5.74, 6) is 1.13. The number of carbonyl (C=O) groups is 1. The highest BCUT2D eigenvalue weighted by atomic mass is 35.5. The number of halogens is 2. The summed E-state index contributed by atoms with van der Waals surface area (Å²) in [5.41, 5.74) is 1.14. The number of imidazole rings is 2. The van der Waals surface area contributed by atoms with E-state index < -0.39 is 30.2 Å². The van der Waals surface area contributed by atoms with Crippen LogP contribution in [-0.2, 0) is 48.8 Å². The van der Waals surface area contributed by atoms with Crippen molar-refractivity contribution in [3.8, 4) is 0 Å². The van der Waals surface area contributed by atoms with Gasteiger partial charge in [-0.2, -0.15) is 4.98 Å². The summed E-state index contributed by atoms with van der Waals surface area (Å²) in [6.07, 6.45) is 32.3. The third-order valence-corrected chi connectivity index (χ3v) is 18.3. The number of sulfone groups is 2. The van der Waals surface area contributed by atoms with Gasteiger partial charge >= 0.3 is 11.3 Å². The van der Waals surface area contributed by atoms with Crippen molar-refractivity contribution >= 4 is 71.2 Å². The van der Waals surface area contributed by atoms with Crippen LogP contribution in [0.15, 0.2) is 10.1 Å². The van der Waals surface area contributed by atoms with Crippen LogP contribution in [0.1, 0.15) is 233 Å². The number of unbranched alkanes of at least 4 members (excludes halogenated alkanes) is 25. The van der Waals surface area contributed by atoms with E-state index in [0.29, 0.717) is 42.2 Å². The van der Waals surface area contributed by atoms with Gasteiger partial charge in [-0.25, -0.2) is 31.4 Å². The number of carbonyl (C=O) groups excluding carboxylic acids is 1. The zero-order valence-electron chi connectivity index (χ0n) is 44.8. The molecule has 1 unspecified atom stereocenters. The maximum atomic E-state index is 14.7. The Bertz CT molecular complexity index is 2480. The van der Waals surface area contributed by atoms with Gasteiger partial charge in [0.1, 0.15) is 11.3 Å². The molecule has 0 aliphatic rings. The average Bonchev–Trinajstić information content (AvgIpc) is 3.81. The molecule has 0 saturated carbocycles. The topological polar surface area (TPSA) is 173 Å². The van der Waals surface area contributed by atoms with Gasteiger partial charge in [0.25, 0.3) is 10.7 Å². The molecule has 0 fully saturated rings. The Morgan fingerprint density at radius 1 is 0.549 bits per heavy atom. The summed E-state index contributed by atoms with van der Waals surface area (Å²) in [5, 5.41) is -2.62. The smallest absolute Gasteiger partial charge is 0.336 e. The highest BCUT2D eigenvalue weighted by molar-refractivity contribution is 7.92. The largest absolute Gasteiger partial charge is 0.463 e. The second-order valence-corrected chi connectivity index (χ2v) is 25.9. The number of aryl methyl sites for hydroxylation is 4. The Balaban J connectivity index is 1.37. The van der Waals surface area contributed by atoms with Crippen LogP contribution < -0.4 is 4.57 Å². The minimum atomic E-state index is -4.21. The van der Waals surface area contributed by atoms with Crippen LogP contribution in [0.3, 0.4) is 0 Å². The molecule has 4 aromatic heterocycles. The minimum Gasteiger partial charge on any atom is -0.463 e. The van der Waals surface area contributed by atoms with E-state index in [1.807, 2.05) is 36.8 Å². The molecule has 0 spiro atoms. The van der Waals surface area contributed by atoms with Gasteiger partial charge in [-0.15, -0.1) is 0 Å². The fourth-order valence-electron chi connectivity index (χ4n) is 9.47. The highest BCUT2D eigenvalue weighted by Crippen LogP contribution is 2.30. The highest BCUT2D eigenvalue weighted by Gasteiger charge is 2.38. The van der Waals surface area contributed by atoms with E-state index in [1.165, 1.54) is 114 Å². The SMILES string of the molecule is CCCCCCCCCCCCCCCCn1c(C)nc2nc(Cl)nc(S(=O)(=O)C(C)C[n+]3c(Cl)nc(S(=O)(=O)C(C)C)c4c3nc(C)n4CCCCCCCCCCCCCCCC(=O)OC(C)C)c21. The molecule has 0 aliphatic heterocycles. The third-order valence-electron chi connectivity index (χ3n) is 13.7. The number of esters is 1. The van der Waals surface area contributed by atoms with Gasteiger partial charge in [-0.3, -0.25) is 4.79 Å². The van der Waals surface area contributed by atoms with E-state index in [9.17, 15) is 21.6 Å². The molecule has 4 rings (SSSR count). The first-order valence-electron chi connectivity index (χ1n) is 27.5. The number of aromatic nitrogens is 8. The summed E-state index contributed by atoms with van der Waals surface area (Å²) in [6, 6.07) is 0. The third kappa shape index (κ3) is 18.7. The lowest BCUT2D eigenvalue weighted by molar-refractivity contribution is -0.673. The van der Waals surface area contributed by atoms with Crippen molar-refractivity contribution in [3.63, 3.8) is 0 Å². The molecule has 402 valence electrons. The minimum absolute atomic E-state index is 0.0478. The van der Waals surface area contributed by atoms with Crippen molar-refractivity contribution in [1.29, 1.82) is 0 Å². The zero-order valence-corrected chi connectivity index (χ0v) is 47.9. The molecule has 0 bridgehead atoms. The lowest BCUT2D eigenvalue weighted by Gasteiger charge is -2.16. The number of ether oxygens (including phenoxy) is 1. The maximum absolute atomic E-state index is 14.7. The van der Waals surface area contributed by atoms with E-state index in [-0.39, 0.29) is 50.5 Å². The number of fused-ring (bicyclic) bond motifs is 2. The molecule has 0 radical (unpaired) electrons. The molecule has 0 N–H and O–H groups in total. The van der Waals surface area contributed by atoms with E-state index in [1.54, 1.807) is 20.8 Å². The zero-order chi connectivity index (χ0) is 52.0. The molecule has 0 amide bonds. The van der Waals surface area contributed by atoms with Crippen molar-refractivity contribution in [1.82, 2.24) is 34.1 Å². The molecule has 14 nitrogen and oxygen atoms in total. The summed E-state index contributed by atoms with van der Waals surface area (Å²) >= 11 is 13.2. The number of nitrogens with zero attached hydrogens (tertiary/aromatic N) is 8. The summed E-state index contributed by atoms with van der Waals surface area (Å²) in [4.78, 5) is 34.3. The van der Waals surface area contributed by atoms with Crippen LogP contribution in [0.4, 0.5) is 0 Å². The summed E-state index contributed by atoms with van der Waals surface area (Å²) in [6.45, 7) is 15.4. The average molecular weight is 1070 g/mol. The molecule has 4 aromatic rings. The predicted molar refractivity (Wildman–Crippen MR) is 288 cm³/mol. The molecule has 0 aromatic carbocycles. The normalized spacial score (nSPS) is 12.9. The molecule has 1 atom stereocenters. The van der Waals surface area contributed by atoms with Gasteiger partial charge in [0.05, 0.1) is 23.1 Å². The van der Waals surface area contributed by atoms with Crippen molar-refractivity contribution in [2.45, 2.75) is 281 Å². The van der Waals surface area contributed by atoms with Crippen LogP contribution >= 0.6 is 23.2 Å². The number of hydrogen-bond acceptors (Lipinski definition) is 11. The van der Waals surface area contributed by atoms with E-state index >= 15 is 0 Å². The van der Waals surface area contributed by atoms with Gasteiger partial charge in [0.15, 0.2) is 22.0 Å². The molecule has 18 heteroatoms. The molecular formula is C53H89Cl2N8O6S2+. The molecule has 0 aliphatic carbocycles. The first kappa shape index (κ1) is 60.6. The standard InChI is InChI=1S/C53H89Cl2N8O6S2/c1-9-10-11-12-13-14-15-16-19-22-25-28-31-34-37-61-43(7)56-48-46(61)50(59-52(54)58-48)71(67,68)42(6)39-63-49-47(51(60-53(63)55)70(65,66)41(4)5)62(44(8)57-49)38-35-32-29-26-23-20-17-18-21-24-27-30-33-36-45(64)69-40(2)3/h40-42H,9-39H2,1-8H3/q+1. The quantitative estimate of drug-likeness (QED) is 0.0137. The van der Waals surface area contributed by atoms with Crippen LogP contribution in [0.5, 0.6) is 0 Å². The molecular weight excluding hydrogens is 980 g/mol. The van der Waals surface area contributed by atoms with Gasteiger partial charge in [0, 0.05) is 26.4 Å². The Morgan fingerprint density at radius 3 is 1.44 bits per heavy atom. The second kappa shape index (κ2) is 31.1. The molecule has 0 saturated heterocycles. The van der Waals surface area contributed by atoms with Crippen molar-refractivity contribution in [2.75, 3.05) is 0 Å². The van der Waals surface area contributed by atoms with E-state index in [2.05, 4.69) is 26.9 Å². The first-order valence-corrected chi connectivity index (χ1v) is 31.3. The van der Waals surface area contributed by atoms with Gasteiger partial charge < -0.3 is 13.9 Å². The maximum Gasteiger partial charge on any atom is 0.336 e. The Kier molecular flexibility index (Phi) is 26.5. The van der Waals surface area contributed by atoms with Gasteiger partial charge in [-0.05, 0) is 84.0 Å². The van der Waals surface area contributed by atoms with Crippen LogP contribution in [0.25, 0.3) is 22.3 Å². The fourth-order valence-corrected chi connectivity index (χ4v) is 12.5. The summed E-state index contributed by atoms with van der Waals surface area (Å²) in [7, 11) is -8.12. The Labute approximate surface area is 437 Å². The van der Waals surface area contributed by atoms with Gasteiger partial charge in [0.2, 0.25) is 25.0 Å². The first-order chi connectivity index (χ1) is 33.9. The Hall–Kier alpha value is -2.95. The monoisotopic (exact) mass is 1070 g/mol. The van der Waals surface area contributed by atoms with Crippen molar-refractivity contribution in [3.05, 3.63) is 22.2 Å². The van der Waals surface area contributed by atoms with Crippen molar-refractivity contribution < 1.29 is 30.9 Å². The molecule has 71 heavy (non-hydrogen) atoms. The lowest BCUT2D eigenvalue weighted by atomic mass is 10.0. The van der Waals surface area contributed by atoms with E-state index in [4.69, 9.17) is 32.9 Å². The summed E-state index contributed by atoms with van der Waals surface area (Å²) < 4.78 is 67.7. The van der Waals surface area contributed by atoms with Crippen LogP contribution in [0.2, 0.25) is 10.6 Å². The second-order valence-electron chi connectivity index (χ2n) is 20.5. The van der Waals surface area contributed by atoms with Crippen molar-refractivity contribution in [2.24, 2.45) is 0 Å². The fraction of sp³-hybridized carbons (Fsp3) is 0.792. The lowest BCUT2D eigenvalue weighted by Crippen LogP contribution is -2.45. The number of rotatable bonds is 38.